The van der Waals surface area contributed by atoms with Gasteiger partial charge in [-0.2, -0.15) is 0 Å². The summed E-state index contributed by atoms with van der Waals surface area (Å²) in [5, 5.41) is 3.28. The molecule has 0 saturated carbocycles. The summed E-state index contributed by atoms with van der Waals surface area (Å²) in [5.74, 6) is 0.157. The van der Waals surface area contributed by atoms with Crippen LogP contribution in [0.1, 0.15) is 5.69 Å². The Hall–Kier alpha value is -1.40. The molecule has 0 bridgehead atoms. The summed E-state index contributed by atoms with van der Waals surface area (Å²) in [4.78, 5) is 20.1. The molecule has 6 heteroatoms. The predicted molar refractivity (Wildman–Crippen MR) is 69.0 cm³/mol. The second-order valence-electron chi connectivity index (χ2n) is 4.92. The number of imidazole rings is 1. The Bertz CT molecular complexity index is 414. The monoisotopic (exact) mass is 251 g/mol. The molecule has 1 aromatic rings. The highest BCUT2D eigenvalue weighted by Gasteiger charge is 2.29. The minimum atomic E-state index is -0.0800. The van der Waals surface area contributed by atoms with Gasteiger partial charge >= 0.3 is 0 Å². The summed E-state index contributed by atoms with van der Waals surface area (Å²) in [6, 6.07) is -0.0800. The zero-order valence-corrected chi connectivity index (χ0v) is 11.3. The molecule has 1 amide bonds. The lowest BCUT2D eigenvalue weighted by molar-refractivity contribution is -0.135. The number of aromatic nitrogens is 2. The number of nitrogens with one attached hydrogen (secondary N) is 1. The van der Waals surface area contributed by atoms with Gasteiger partial charge < -0.3 is 14.8 Å². The number of carbonyl (C=O) groups is 1. The van der Waals surface area contributed by atoms with Gasteiger partial charge in [-0.05, 0) is 0 Å². The molecule has 1 atom stereocenters. The van der Waals surface area contributed by atoms with E-state index in [1.807, 2.05) is 17.8 Å². The Labute approximate surface area is 108 Å². The maximum atomic E-state index is 12.1. The van der Waals surface area contributed by atoms with Crippen LogP contribution in [-0.4, -0.2) is 65.0 Å². The molecule has 6 nitrogen and oxygen atoms in total. The fraction of sp³-hybridized carbons (Fsp3) is 0.667. The molecule has 18 heavy (non-hydrogen) atoms. The minimum Gasteiger partial charge on any atom is -0.347 e. The number of likely N-dealkylation sites (N-methyl/N-ethyl adjacent to an activating group) is 1. The van der Waals surface area contributed by atoms with E-state index in [9.17, 15) is 4.79 Å². The SMILES string of the molecule is CN(C)C(=O)C1CNCCN1Cc1cncn1C. The molecule has 1 aromatic heterocycles. The molecule has 1 N–H and O–H groups in total. The van der Waals surface area contributed by atoms with Crippen molar-refractivity contribution in [3.8, 4) is 0 Å². The third-order valence-corrected chi connectivity index (χ3v) is 3.36. The van der Waals surface area contributed by atoms with Gasteiger partial charge in [0.05, 0.1) is 12.0 Å². The highest BCUT2D eigenvalue weighted by Crippen LogP contribution is 2.11. The third kappa shape index (κ3) is 2.70. The van der Waals surface area contributed by atoms with E-state index in [-0.39, 0.29) is 11.9 Å². The lowest BCUT2D eigenvalue weighted by Gasteiger charge is -2.36. The highest BCUT2D eigenvalue weighted by molar-refractivity contribution is 5.81. The molecule has 0 spiro atoms. The third-order valence-electron chi connectivity index (χ3n) is 3.36. The van der Waals surface area contributed by atoms with Gasteiger partial charge in [-0.3, -0.25) is 9.69 Å². The number of hydrogen-bond donors (Lipinski definition) is 1. The number of aryl methyl sites for hydroxylation is 1. The largest absolute Gasteiger partial charge is 0.347 e. The number of carbonyl (C=O) groups excluding carboxylic acids is 1. The van der Waals surface area contributed by atoms with Crippen LogP contribution in [0.2, 0.25) is 0 Å². The molecular formula is C12H21N5O. The molecule has 2 heterocycles. The molecule has 1 aliphatic heterocycles. The second kappa shape index (κ2) is 5.49. The molecular weight excluding hydrogens is 230 g/mol. The van der Waals surface area contributed by atoms with Crippen LogP contribution in [-0.2, 0) is 18.4 Å². The van der Waals surface area contributed by atoms with E-state index in [1.54, 1.807) is 25.3 Å². The van der Waals surface area contributed by atoms with Gasteiger partial charge in [-0.1, -0.05) is 0 Å². The van der Waals surface area contributed by atoms with E-state index in [0.29, 0.717) is 0 Å². The van der Waals surface area contributed by atoms with Crippen LogP contribution in [0, 0.1) is 0 Å². The van der Waals surface area contributed by atoms with Crippen LogP contribution in [0.15, 0.2) is 12.5 Å². The van der Waals surface area contributed by atoms with Crippen molar-refractivity contribution >= 4 is 5.91 Å². The van der Waals surface area contributed by atoms with Crippen LogP contribution in [0.3, 0.4) is 0 Å². The molecule has 0 radical (unpaired) electrons. The summed E-state index contributed by atoms with van der Waals surface area (Å²) < 4.78 is 2.00. The molecule has 1 fully saturated rings. The van der Waals surface area contributed by atoms with Gasteiger partial charge in [0.1, 0.15) is 6.04 Å². The predicted octanol–water partition coefficient (Wildman–Crippen LogP) is -0.718. The first-order valence-corrected chi connectivity index (χ1v) is 6.20. The van der Waals surface area contributed by atoms with Crippen LogP contribution in [0.5, 0.6) is 0 Å². The van der Waals surface area contributed by atoms with E-state index < -0.39 is 0 Å². The molecule has 0 aliphatic carbocycles. The quantitative estimate of drug-likeness (QED) is 0.770. The lowest BCUT2D eigenvalue weighted by atomic mass is 10.1. The topological polar surface area (TPSA) is 53.4 Å². The fourth-order valence-corrected chi connectivity index (χ4v) is 2.22. The zero-order chi connectivity index (χ0) is 13.1. The van der Waals surface area contributed by atoms with Crippen LogP contribution >= 0.6 is 0 Å². The number of rotatable bonds is 3. The average molecular weight is 251 g/mol. The summed E-state index contributed by atoms with van der Waals surface area (Å²) in [6.45, 7) is 3.29. The maximum absolute atomic E-state index is 12.1. The first-order chi connectivity index (χ1) is 8.59. The van der Waals surface area contributed by atoms with E-state index >= 15 is 0 Å². The van der Waals surface area contributed by atoms with E-state index in [4.69, 9.17) is 0 Å². The van der Waals surface area contributed by atoms with E-state index in [2.05, 4.69) is 15.2 Å². The Morgan fingerprint density at radius 2 is 2.39 bits per heavy atom. The smallest absolute Gasteiger partial charge is 0.240 e. The molecule has 1 unspecified atom stereocenters. The highest BCUT2D eigenvalue weighted by atomic mass is 16.2. The van der Waals surface area contributed by atoms with E-state index in [0.717, 1.165) is 31.9 Å². The summed E-state index contributed by atoms with van der Waals surface area (Å²) in [6.07, 6.45) is 3.65. The Morgan fingerprint density at radius 1 is 1.61 bits per heavy atom. The number of piperazine rings is 1. The Morgan fingerprint density at radius 3 is 3.00 bits per heavy atom. The molecule has 1 aliphatic rings. The molecule has 100 valence electrons. The Balaban J connectivity index is 2.09. The van der Waals surface area contributed by atoms with Gasteiger partial charge in [-0.25, -0.2) is 4.98 Å². The standard InChI is InChI=1S/C12H21N5O/c1-15(2)12(18)11-7-13-4-5-17(11)8-10-6-14-9-16(10)3/h6,9,11,13H,4-5,7-8H2,1-3H3. The van der Waals surface area contributed by atoms with Crippen molar-refractivity contribution in [3.05, 3.63) is 18.2 Å². The van der Waals surface area contributed by atoms with Crippen molar-refractivity contribution in [2.24, 2.45) is 7.05 Å². The van der Waals surface area contributed by atoms with Crippen molar-refractivity contribution in [1.82, 2.24) is 24.7 Å². The maximum Gasteiger partial charge on any atom is 0.240 e. The van der Waals surface area contributed by atoms with Gasteiger partial charge in [0.2, 0.25) is 5.91 Å². The van der Waals surface area contributed by atoms with Crippen LogP contribution in [0.4, 0.5) is 0 Å². The van der Waals surface area contributed by atoms with Crippen LogP contribution < -0.4 is 5.32 Å². The van der Waals surface area contributed by atoms with Crippen LogP contribution in [0.25, 0.3) is 0 Å². The average Bonchev–Trinajstić information content (AvgIpc) is 2.75. The molecule has 0 aromatic carbocycles. The van der Waals surface area contributed by atoms with Crippen molar-refractivity contribution in [2.75, 3.05) is 33.7 Å². The van der Waals surface area contributed by atoms with Gasteiger partial charge in [0, 0.05) is 53.5 Å². The summed E-state index contributed by atoms with van der Waals surface area (Å²) in [7, 11) is 5.59. The van der Waals surface area contributed by atoms with Gasteiger partial charge in [-0.15, -0.1) is 0 Å². The zero-order valence-electron chi connectivity index (χ0n) is 11.3. The molecule has 1 saturated heterocycles. The summed E-state index contributed by atoms with van der Waals surface area (Å²) >= 11 is 0. The number of amides is 1. The van der Waals surface area contributed by atoms with E-state index in [1.165, 1.54) is 0 Å². The van der Waals surface area contributed by atoms with Gasteiger partial charge in [0.25, 0.3) is 0 Å². The van der Waals surface area contributed by atoms with Gasteiger partial charge in [0.15, 0.2) is 0 Å². The van der Waals surface area contributed by atoms with Crippen molar-refractivity contribution in [1.29, 1.82) is 0 Å². The molecule has 2 rings (SSSR count). The Kier molecular flexibility index (Phi) is 3.98. The normalized spacial score (nSPS) is 20.9. The lowest BCUT2D eigenvalue weighted by Crippen LogP contribution is -2.57. The second-order valence-corrected chi connectivity index (χ2v) is 4.92. The van der Waals surface area contributed by atoms with Crippen molar-refractivity contribution in [2.45, 2.75) is 12.6 Å². The first-order valence-electron chi connectivity index (χ1n) is 6.20. The minimum absolute atomic E-state index is 0.0800. The number of nitrogens with zero attached hydrogens (tertiary/aromatic N) is 4. The van der Waals surface area contributed by atoms with Crippen molar-refractivity contribution < 1.29 is 4.79 Å². The summed E-state index contributed by atoms with van der Waals surface area (Å²) in [5.41, 5.74) is 1.13. The van der Waals surface area contributed by atoms with Crippen molar-refractivity contribution in [3.63, 3.8) is 0 Å². The number of hydrogen-bond acceptors (Lipinski definition) is 4. The fourth-order valence-electron chi connectivity index (χ4n) is 2.22. The first kappa shape index (κ1) is 13.0.